The second kappa shape index (κ2) is 7.59. The minimum atomic E-state index is -0.428. The van der Waals surface area contributed by atoms with Gasteiger partial charge in [-0.2, -0.15) is 0 Å². The van der Waals surface area contributed by atoms with Gasteiger partial charge in [0.1, 0.15) is 5.25 Å². The summed E-state index contributed by atoms with van der Waals surface area (Å²) in [4.78, 5) is 32.7. The first-order chi connectivity index (χ1) is 14.7. The van der Waals surface area contributed by atoms with Gasteiger partial charge < -0.3 is 10.1 Å². The number of carbonyl (C=O) groups excluding carboxylic acids is 2. The van der Waals surface area contributed by atoms with E-state index in [0.717, 1.165) is 26.8 Å². The summed E-state index contributed by atoms with van der Waals surface area (Å²) in [6.45, 7) is 0.484. The molecule has 3 aromatic rings. The zero-order valence-corrected chi connectivity index (χ0v) is 17.1. The summed E-state index contributed by atoms with van der Waals surface area (Å²) in [7, 11) is 1.66. The third-order valence-electron chi connectivity index (χ3n) is 5.34. The molecule has 150 valence electrons. The first kappa shape index (κ1) is 18.8. The Morgan fingerprint density at radius 1 is 1.10 bits per heavy atom. The first-order valence-electron chi connectivity index (χ1n) is 9.60. The summed E-state index contributed by atoms with van der Waals surface area (Å²) in [5.41, 5.74) is 2.58. The molecule has 2 aliphatic rings. The van der Waals surface area contributed by atoms with E-state index in [1.54, 1.807) is 19.5 Å². The number of carbonyl (C=O) groups is 2. The summed E-state index contributed by atoms with van der Waals surface area (Å²) in [5.74, 6) is -0.234. The normalized spacial score (nSPS) is 20.8. The van der Waals surface area contributed by atoms with Crippen LogP contribution in [0.3, 0.4) is 0 Å². The zero-order valence-electron chi connectivity index (χ0n) is 16.2. The van der Waals surface area contributed by atoms with Gasteiger partial charge in [0, 0.05) is 29.0 Å². The molecule has 0 radical (unpaired) electrons. The summed E-state index contributed by atoms with van der Waals surface area (Å²) in [6, 6.07) is 14.8. The van der Waals surface area contributed by atoms with Crippen LogP contribution in [0.1, 0.15) is 11.1 Å². The van der Waals surface area contributed by atoms with Crippen LogP contribution >= 0.6 is 11.8 Å². The SMILES string of the molecule is COCc1ccccc1C1=CC2NC(=O)N(c3cncc4ccccc34)C(=O)C2S1. The first-order valence-corrected chi connectivity index (χ1v) is 10.5. The molecule has 5 rings (SSSR count). The quantitative estimate of drug-likeness (QED) is 0.696. The molecule has 2 atom stereocenters. The van der Waals surface area contributed by atoms with E-state index in [4.69, 9.17) is 4.74 Å². The van der Waals surface area contributed by atoms with E-state index in [1.807, 2.05) is 54.6 Å². The van der Waals surface area contributed by atoms with Gasteiger partial charge in [-0.05, 0) is 17.2 Å². The molecule has 0 bridgehead atoms. The van der Waals surface area contributed by atoms with Gasteiger partial charge >= 0.3 is 6.03 Å². The summed E-state index contributed by atoms with van der Waals surface area (Å²) in [5, 5.41) is 4.25. The number of thioether (sulfide) groups is 1. The molecule has 6 nitrogen and oxygen atoms in total. The number of aromatic nitrogens is 1. The van der Waals surface area contributed by atoms with Crippen LogP contribution in [0, 0.1) is 0 Å². The van der Waals surface area contributed by atoms with E-state index in [2.05, 4.69) is 10.3 Å². The zero-order chi connectivity index (χ0) is 20.7. The Kier molecular flexibility index (Phi) is 4.77. The average Bonchev–Trinajstić information content (AvgIpc) is 3.18. The number of methoxy groups -OCH3 is 1. The molecule has 2 unspecified atom stereocenters. The van der Waals surface area contributed by atoms with Crippen LogP contribution < -0.4 is 10.2 Å². The van der Waals surface area contributed by atoms with Gasteiger partial charge in [0.25, 0.3) is 5.91 Å². The second-order valence-corrected chi connectivity index (χ2v) is 8.37. The van der Waals surface area contributed by atoms with Gasteiger partial charge in [0.15, 0.2) is 0 Å². The maximum absolute atomic E-state index is 13.4. The van der Waals surface area contributed by atoms with Crippen molar-refractivity contribution in [1.29, 1.82) is 0 Å². The van der Waals surface area contributed by atoms with Crippen LogP contribution in [0.5, 0.6) is 0 Å². The van der Waals surface area contributed by atoms with Gasteiger partial charge in [-0.1, -0.05) is 48.5 Å². The van der Waals surface area contributed by atoms with Crippen molar-refractivity contribution in [1.82, 2.24) is 10.3 Å². The number of ether oxygens (including phenoxy) is 1. The summed E-state index contributed by atoms with van der Waals surface area (Å²) in [6.07, 6.45) is 5.27. The largest absolute Gasteiger partial charge is 0.380 e. The highest BCUT2D eigenvalue weighted by molar-refractivity contribution is 8.09. The van der Waals surface area contributed by atoms with Crippen LogP contribution in [-0.2, 0) is 16.1 Å². The molecule has 1 aromatic heterocycles. The van der Waals surface area contributed by atoms with Crippen molar-refractivity contribution in [3.63, 3.8) is 0 Å². The van der Waals surface area contributed by atoms with Crippen molar-refractivity contribution in [2.24, 2.45) is 0 Å². The smallest absolute Gasteiger partial charge is 0.329 e. The van der Waals surface area contributed by atoms with Gasteiger partial charge in [-0.15, -0.1) is 11.8 Å². The van der Waals surface area contributed by atoms with Crippen LogP contribution in [0.4, 0.5) is 10.5 Å². The minimum Gasteiger partial charge on any atom is -0.380 e. The number of hydrogen-bond donors (Lipinski definition) is 1. The van der Waals surface area contributed by atoms with Crippen molar-refractivity contribution in [3.05, 3.63) is 78.1 Å². The Morgan fingerprint density at radius 2 is 1.90 bits per heavy atom. The average molecular weight is 417 g/mol. The topological polar surface area (TPSA) is 71.5 Å². The number of amides is 3. The molecule has 2 aliphatic heterocycles. The molecule has 1 fully saturated rings. The predicted octanol–water partition coefficient (Wildman–Crippen LogP) is 3.96. The summed E-state index contributed by atoms with van der Waals surface area (Å²) >= 11 is 1.48. The molecule has 1 N–H and O–H groups in total. The van der Waals surface area contributed by atoms with Gasteiger partial charge in [0.05, 0.1) is 24.5 Å². The van der Waals surface area contributed by atoms with Gasteiger partial charge in [-0.3, -0.25) is 9.78 Å². The highest BCUT2D eigenvalue weighted by atomic mass is 32.2. The molecule has 0 aliphatic carbocycles. The Bertz CT molecular complexity index is 1190. The number of nitrogens with one attached hydrogen (secondary N) is 1. The van der Waals surface area contributed by atoms with Crippen LogP contribution in [0.25, 0.3) is 15.7 Å². The molecule has 1 saturated heterocycles. The maximum Gasteiger partial charge on any atom is 0.329 e. The van der Waals surface area contributed by atoms with Crippen molar-refractivity contribution in [2.45, 2.75) is 17.9 Å². The number of benzene rings is 2. The molecule has 7 heteroatoms. The number of rotatable bonds is 4. The number of nitrogens with zero attached hydrogens (tertiary/aromatic N) is 2. The molecular weight excluding hydrogens is 398 g/mol. The predicted molar refractivity (Wildman–Crippen MR) is 118 cm³/mol. The van der Waals surface area contributed by atoms with E-state index in [-0.39, 0.29) is 11.9 Å². The molecule has 2 aromatic carbocycles. The van der Waals surface area contributed by atoms with Gasteiger partial charge in [0.2, 0.25) is 0 Å². The Morgan fingerprint density at radius 3 is 2.77 bits per heavy atom. The lowest BCUT2D eigenvalue weighted by Gasteiger charge is -2.33. The number of hydrogen-bond acceptors (Lipinski definition) is 5. The van der Waals surface area contributed by atoms with Gasteiger partial charge in [-0.25, -0.2) is 9.69 Å². The summed E-state index contributed by atoms with van der Waals surface area (Å²) < 4.78 is 5.31. The van der Waals surface area contributed by atoms with Crippen LogP contribution in [-0.4, -0.2) is 35.3 Å². The third kappa shape index (κ3) is 3.07. The lowest BCUT2D eigenvalue weighted by molar-refractivity contribution is -0.118. The molecular formula is C23H19N3O3S. The Hall–Kier alpha value is -3.16. The van der Waals surface area contributed by atoms with E-state index in [0.29, 0.717) is 12.3 Å². The van der Waals surface area contributed by atoms with E-state index in [1.165, 1.54) is 16.7 Å². The number of urea groups is 1. The lowest BCUT2D eigenvalue weighted by atomic mass is 10.0. The van der Waals surface area contributed by atoms with E-state index >= 15 is 0 Å². The molecule has 3 amide bonds. The standard InChI is InChI=1S/C23H19N3O3S/c1-29-13-15-7-3-5-9-17(15)20-10-18-21(30-20)22(27)26(23(28)25-18)19-12-24-11-14-6-2-4-8-16(14)19/h2-12,18,21H,13H2,1H3,(H,25,28). The second-order valence-electron chi connectivity index (χ2n) is 7.19. The molecule has 3 heterocycles. The van der Waals surface area contributed by atoms with Crippen molar-refractivity contribution in [2.75, 3.05) is 12.0 Å². The Labute approximate surface area is 177 Å². The Balaban J connectivity index is 1.49. The van der Waals surface area contributed by atoms with Crippen molar-refractivity contribution >= 4 is 45.1 Å². The van der Waals surface area contributed by atoms with Crippen molar-refractivity contribution in [3.8, 4) is 0 Å². The molecule has 30 heavy (non-hydrogen) atoms. The number of imide groups is 1. The molecule has 0 spiro atoms. The fraction of sp³-hybridized carbons (Fsp3) is 0.174. The highest BCUT2D eigenvalue weighted by Crippen LogP contribution is 2.43. The number of anilines is 1. The maximum atomic E-state index is 13.4. The fourth-order valence-electron chi connectivity index (χ4n) is 3.96. The fourth-order valence-corrected chi connectivity index (χ4v) is 5.28. The highest BCUT2D eigenvalue weighted by Gasteiger charge is 2.45. The van der Waals surface area contributed by atoms with E-state index < -0.39 is 11.3 Å². The monoisotopic (exact) mass is 417 g/mol. The number of pyridine rings is 1. The molecule has 0 saturated carbocycles. The van der Waals surface area contributed by atoms with Crippen LogP contribution in [0.15, 0.2) is 67.0 Å². The van der Waals surface area contributed by atoms with Crippen LogP contribution in [0.2, 0.25) is 0 Å². The lowest BCUT2D eigenvalue weighted by Crippen LogP contribution is -2.60. The van der Waals surface area contributed by atoms with Crippen molar-refractivity contribution < 1.29 is 14.3 Å². The van der Waals surface area contributed by atoms with E-state index in [9.17, 15) is 9.59 Å². The minimum absolute atomic E-state index is 0.234. The number of fused-ring (bicyclic) bond motifs is 2. The third-order valence-corrected chi connectivity index (χ3v) is 6.70.